The van der Waals surface area contributed by atoms with Crippen molar-refractivity contribution in [3.05, 3.63) is 94.5 Å². The molecular weight excluding hydrogens is 564 g/mol. The van der Waals surface area contributed by atoms with Gasteiger partial charge < -0.3 is 4.74 Å². The van der Waals surface area contributed by atoms with Gasteiger partial charge in [-0.2, -0.15) is 10.2 Å². The minimum atomic E-state index is -1.03. The highest BCUT2D eigenvalue weighted by Gasteiger charge is 2.56. The van der Waals surface area contributed by atoms with Gasteiger partial charge in [-0.1, -0.05) is 75.8 Å². The molecule has 0 spiro atoms. The third-order valence-electron chi connectivity index (χ3n) is 7.01. The van der Waals surface area contributed by atoms with Crippen LogP contribution in [0.5, 0.6) is 5.75 Å². The van der Waals surface area contributed by atoms with Gasteiger partial charge in [0.25, 0.3) is 17.7 Å². The lowest BCUT2D eigenvalue weighted by Crippen LogP contribution is -2.44. The summed E-state index contributed by atoms with van der Waals surface area (Å²) in [6.07, 6.45) is 0.532. The number of benzene rings is 3. The number of ether oxygens (including phenoxy) is 1. The number of anilines is 1. The van der Waals surface area contributed by atoms with Gasteiger partial charge >= 0.3 is 0 Å². The van der Waals surface area contributed by atoms with Gasteiger partial charge in [-0.05, 0) is 35.4 Å². The Morgan fingerprint density at radius 1 is 0.974 bits per heavy atom. The number of hydrogen-bond donors (Lipinski definition) is 0. The first-order valence-corrected chi connectivity index (χ1v) is 13.1. The number of para-hydroxylation sites is 2. The molecule has 3 amide bonds. The minimum Gasteiger partial charge on any atom is -0.495 e. The van der Waals surface area contributed by atoms with Gasteiger partial charge in [-0.15, -0.1) is 0 Å². The van der Waals surface area contributed by atoms with E-state index in [0.29, 0.717) is 17.9 Å². The van der Waals surface area contributed by atoms with Crippen molar-refractivity contribution in [2.45, 2.75) is 24.5 Å². The molecule has 0 unspecified atom stereocenters. The minimum absolute atomic E-state index is 0.260. The van der Waals surface area contributed by atoms with Crippen LogP contribution in [-0.4, -0.2) is 59.2 Å². The van der Waals surface area contributed by atoms with Crippen molar-refractivity contribution in [2.24, 2.45) is 15.4 Å². The molecule has 0 radical (unpaired) electrons. The molecule has 3 aliphatic heterocycles. The topological polar surface area (TPSA) is 107 Å². The van der Waals surface area contributed by atoms with Crippen LogP contribution in [0.15, 0.2) is 98.8 Å². The fourth-order valence-electron chi connectivity index (χ4n) is 5.11. The molecule has 3 aromatic rings. The predicted molar refractivity (Wildman–Crippen MR) is 146 cm³/mol. The van der Waals surface area contributed by atoms with Crippen molar-refractivity contribution in [3.63, 3.8) is 0 Å². The number of nitrogens with zero attached hydrogens (tertiary/aromatic N) is 6. The number of fused-ring (bicyclic) bond motifs is 1. The third kappa shape index (κ3) is 4.38. The van der Waals surface area contributed by atoms with Crippen LogP contribution in [0.4, 0.5) is 5.69 Å². The molecule has 0 aliphatic carbocycles. The second-order valence-electron chi connectivity index (χ2n) is 9.30. The van der Waals surface area contributed by atoms with E-state index in [0.717, 1.165) is 26.2 Å². The first-order chi connectivity index (χ1) is 19.0. The highest BCUT2D eigenvalue weighted by molar-refractivity contribution is 9.10. The van der Waals surface area contributed by atoms with Gasteiger partial charge in [0.2, 0.25) is 0 Å². The lowest BCUT2D eigenvalue weighted by atomic mass is 9.98. The normalized spacial score (nSPS) is 21.9. The molecule has 1 fully saturated rings. The van der Waals surface area contributed by atoms with Crippen molar-refractivity contribution < 1.29 is 19.1 Å². The number of imide groups is 1. The summed E-state index contributed by atoms with van der Waals surface area (Å²) in [5.74, 6) is -0.984. The average molecular weight is 587 g/mol. The summed E-state index contributed by atoms with van der Waals surface area (Å²) in [6, 6.07) is 21.9. The standard InChI is InChI=1S/C28H23BrN6O4/c1-39-23-10-6-5-9-21(23)34-27(37)25-26(28(34)38)33(32-30-25)16-24(36)35-22(18-7-3-2-4-8-18)15-20(31-35)17-11-13-19(29)14-12-17/h2-14,22,25-26H,15-16H2,1H3/t22-,25-,26+/m0/s1. The van der Waals surface area contributed by atoms with Crippen LogP contribution in [0.2, 0.25) is 0 Å². The lowest BCUT2D eigenvalue weighted by molar-refractivity contribution is -0.135. The highest BCUT2D eigenvalue weighted by Crippen LogP contribution is 2.37. The molecule has 196 valence electrons. The van der Waals surface area contributed by atoms with Crippen molar-refractivity contribution in [1.82, 2.24) is 10.0 Å². The van der Waals surface area contributed by atoms with Gasteiger partial charge in [0, 0.05) is 10.9 Å². The van der Waals surface area contributed by atoms with Gasteiger partial charge in [0.1, 0.15) is 12.3 Å². The van der Waals surface area contributed by atoms with E-state index in [9.17, 15) is 14.4 Å². The van der Waals surface area contributed by atoms with Crippen LogP contribution in [0.3, 0.4) is 0 Å². The summed E-state index contributed by atoms with van der Waals surface area (Å²) in [5.41, 5.74) is 2.97. The molecular formula is C28H23BrN6O4. The maximum absolute atomic E-state index is 13.7. The van der Waals surface area contributed by atoms with Crippen molar-refractivity contribution in [3.8, 4) is 5.75 Å². The van der Waals surface area contributed by atoms with E-state index in [1.807, 2.05) is 54.6 Å². The number of carbonyl (C=O) groups is 3. The molecule has 39 heavy (non-hydrogen) atoms. The highest BCUT2D eigenvalue weighted by atomic mass is 79.9. The van der Waals surface area contributed by atoms with Gasteiger partial charge in [-0.25, -0.2) is 9.91 Å². The lowest BCUT2D eigenvalue weighted by Gasteiger charge is -2.25. The fourth-order valence-corrected chi connectivity index (χ4v) is 5.37. The third-order valence-corrected chi connectivity index (χ3v) is 7.54. The molecule has 3 atom stereocenters. The summed E-state index contributed by atoms with van der Waals surface area (Å²) in [6.45, 7) is -0.260. The Hall–Kier alpha value is -4.38. The fraction of sp³-hybridized carbons (Fsp3) is 0.214. The first kappa shape index (κ1) is 24.9. The van der Waals surface area contributed by atoms with Crippen LogP contribution >= 0.6 is 15.9 Å². The number of rotatable bonds is 6. The molecule has 11 heteroatoms. The Balaban J connectivity index is 1.26. The Kier molecular flexibility index (Phi) is 6.43. The monoisotopic (exact) mass is 586 g/mol. The zero-order chi connectivity index (χ0) is 27.1. The number of hydrazone groups is 1. The zero-order valence-corrected chi connectivity index (χ0v) is 22.4. The van der Waals surface area contributed by atoms with Gasteiger partial charge in [0.15, 0.2) is 12.1 Å². The summed E-state index contributed by atoms with van der Waals surface area (Å²) in [7, 11) is 1.47. The van der Waals surface area contributed by atoms with Gasteiger partial charge in [-0.3, -0.25) is 19.4 Å². The van der Waals surface area contributed by atoms with E-state index in [4.69, 9.17) is 9.84 Å². The Labute approximate surface area is 232 Å². The van der Waals surface area contributed by atoms with Crippen LogP contribution in [0.25, 0.3) is 0 Å². The van der Waals surface area contributed by atoms with Crippen molar-refractivity contribution >= 4 is 45.1 Å². The van der Waals surface area contributed by atoms with E-state index in [1.165, 1.54) is 17.1 Å². The van der Waals surface area contributed by atoms with Crippen LogP contribution in [0.1, 0.15) is 23.6 Å². The second-order valence-corrected chi connectivity index (χ2v) is 10.2. The summed E-state index contributed by atoms with van der Waals surface area (Å²) in [4.78, 5) is 41.4. The predicted octanol–water partition coefficient (Wildman–Crippen LogP) is 4.13. The van der Waals surface area contributed by atoms with E-state index in [1.54, 1.807) is 24.3 Å². The SMILES string of the molecule is COc1ccccc1N1C(=O)[C@H]2N=NN(CC(=O)N3N=C(c4ccc(Br)cc4)C[C@H]3c3ccccc3)[C@H]2C1=O. The Morgan fingerprint density at radius 3 is 2.44 bits per heavy atom. The van der Waals surface area contributed by atoms with E-state index in [2.05, 4.69) is 26.3 Å². The quantitative estimate of drug-likeness (QED) is 0.404. The molecule has 10 nitrogen and oxygen atoms in total. The Morgan fingerprint density at radius 2 is 1.69 bits per heavy atom. The molecule has 0 saturated carbocycles. The molecule has 1 saturated heterocycles. The van der Waals surface area contributed by atoms with Crippen molar-refractivity contribution in [2.75, 3.05) is 18.6 Å². The molecule has 3 heterocycles. The number of carbonyl (C=O) groups excluding carboxylic acids is 3. The second kappa shape index (κ2) is 10.1. The van der Waals surface area contributed by atoms with Crippen LogP contribution in [0, 0.1) is 0 Å². The molecule has 3 aromatic carbocycles. The molecule has 3 aliphatic rings. The van der Waals surface area contributed by atoms with E-state index in [-0.39, 0.29) is 18.5 Å². The van der Waals surface area contributed by atoms with Crippen LogP contribution in [-0.2, 0) is 14.4 Å². The Bertz CT molecular complexity index is 1510. The number of amides is 3. The number of hydrogen-bond acceptors (Lipinski definition) is 8. The zero-order valence-electron chi connectivity index (χ0n) is 20.8. The first-order valence-electron chi connectivity index (χ1n) is 12.3. The van der Waals surface area contributed by atoms with Gasteiger partial charge in [0.05, 0.1) is 24.6 Å². The van der Waals surface area contributed by atoms with E-state index < -0.39 is 23.9 Å². The summed E-state index contributed by atoms with van der Waals surface area (Å²) >= 11 is 3.45. The summed E-state index contributed by atoms with van der Waals surface area (Å²) in [5, 5.41) is 15.5. The van der Waals surface area contributed by atoms with Crippen LogP contribution < -0.4 is 9.64 Å². The largest absolute Gasteiger partial charge is 0.495 e. The maximum atomic E-state index is 13.7. The van der Waals surface area contributed by atoms with Crippen molar-refractivity contribution in [1.29, 1.82) is 0 Å². The number of halogens is 1. The summed E-state index contributed by atoms with van der Waals surface area (Å²) < 4.78 is 6.30. The molecule has 0 aromatic heterocycles. The molecule has 6 rings (SSSR count). The molecule has 0 bridgehead atoms. The maximum Gasteiger partial charge on any atom is 0.264 e. The number of methoxy groups -OCH3 is 1. The van der Waals surface area contributed by atoms with E-state index >= 15 is 0 Å². The molecule has 0 N–H and O–H groups in total. The smallest absolute Gasteiger partial charge is 0.264 e. The average Bonchev–Trinajstić information content (AvgIpc) is 3.65.